The molecule has 176 valence electrons. The van der Waals surface area contributed by atoms with Crippen LogP contribution in [0.25, 0.3) is 0 Å². The van der Waals surface area contributed by atoms with Gasteiger partial charge in [0, 0.05) is 6.42 Å². The zero-order chi connectivity index (χ0) is 21.3. The van der Waals surface area contributed by atoms with Crippen LogP contribution in [0.3, 0.4) is 0 Å². The highest BCUT2D eigenvalue weighted by Gasteiger charge is 2.29. The third kappa shape index (κ3) is 11.8. The van der Waals surface area contributed by atoms with Crippen LogP contribution in [-0.4, -0.2) is 12.6 Å². The highest BCUT2D eigenvalue weighted by Crippen LogP contribution is 2.40. The molecule has 2 aliphatic rings. The fourth-order valence-corrected chi connectivity index (χ4v) is 5.89. The molecule has 2 aliphatic carbocycles. The summed E-state index contributed by atoms with van der Waals surface area (Å²) in [6.45, 7) is 2.93. The van der Waals surface area contributed by atoms with Crippen molar-refractivity contribution in [3.8, 4) is 0 Å². The fourth-order valence-electron chi connectivity index (χ4n) is 5.89. The van der Waals surface area contributed by atoms with Crippen molar-refractivity contribution < 1.29 is 9.53 Å². The Morgan fingerprint density at radius 1 is 0.633 bits per heavy atom. The highest BCUT2D eigenvalue weighted by atomic mass is 16.5. The monoisotopic (exact) mass is 420 g/mol. The molecule has 0 heterocycles. The molecule has 2 rings (SSSR count). The standard InChI is InChI=1S/C28H52O2/c1-2-3-4-5-6-7-8-9-10-11-12-16-23-30-28(29)24-25-19-21-27(22-20-25)26-17-14-13-15-18-26/h25-27H,2-24H2,1H3. The van der Waals surface area contributed by atoms with E-state index in [-0.39, 0.29) is 5.97 Å². The lowest BCUT2D eigenvalue weighted by atomic mass is 9.70. The molecule has 0 radical (unpaired) electrons. The lowest BCUT2D eigenvalue weighted by molar-refractivity contribution is -0.145. The first kappa shape index (κ1) is 25.7. The number of unbranched alkanes of at least 4 members (excludes halogenated alkanes) is 11. The van der Waals surface area contributed by atoms with E-state index in [2.05, 4.69) is 6.92 Å². The van der Waals surface area contributed by atoms with E-state index in [1.54, 1.807) is 0 Å². The molecule has 2 fully saturated rings. The van der Waals surface area contributed by atoms with Crippen molar-refractivity contribution in [2.75, 3.05) is 6.61 Å². The van der Waals surface area contributed by atoms with Crippen LogP contribution in [-0.2, 0) is 9.53 Å². The van der Waals surface area contributed by atoms with Crippen LogP contribution in [0.5, 0.6) is 0 Å². The molecule has 0 aromatic carbocycles. The lowest BCUT2D eigenvalue weighted by Crippen LogP contribution is -2.25. The third-order valence-electron chi connectivity index (χ3n) is 7.92. The second-order valence-electron chi connectivity index (χ2n) is 10.5. The Kier molecular flexibility index (Phi) is 14.6. The van der Waals surface area contributed by atoms with Gasteiger partial charge in [-0.1, -0.05) is 110 Å². The molecule has 0 unspecified atom stereocenters. The first-order chi connectivity index (χ1) is 14.8. The topological polar surface area (TPSA) is 26.3 Å². The number of carbonyl (C=O) groups is 1. The van der Waals surface area contributed by atoms with E-state index in [4.69, 9.17) is 4.74 Å². The van der Waals surface area contributed by atoms with Crippen LogP contribution in [0.1, 0.15) is 148 Å². The molecule has 0 aliphatic heterocycles. The third-order valence-corrected chi connectivity index (χ3v) is 7.92. The predicted octanol–water partition coefficient (Wildman–Crippen LogP) is 9.01. The smallest absolute Gasteiger partial charge is 0.306 e. The second kappa shape index (κ2) is 17.1. The molecule has 2 heteroatoms. The number of carbonyl (C=O) groups excluding carboxylic acids is 1. The predicted molar refractivity (Wildman–Crippen MR) is 129 cm³/mol. The van der Waals surface area contributed by atoms with Crippen LogP contribution >= 0.6 is 0 Å². The Labute approximate surface area is 188 Å². The number of rotatable bonds is 16. The van der Waals surface area contributed by atoms with Crippen molar-refractivity contribution in [3.63, 3.8) is 0 Å². The molecule has 0 spiro atoms. The van der Waals surface area contributed by atoms with Gasteiger partial charge >= 0.3 is 5.97 Å². The summed E-state index contributed by atoms with van der Waals surface area (Å²) < 4.78 is 5.54. The Hall–Kier alpha value is -0.530. The quantitative estimate of drug-likeness (QED) is 0.184. The molecule has 0 N–H and O–H groups in total. The normalized spacial score (nSPS) is 22.8. The van der Waals surface area contributed by atoms with Gasteiger partial charge in [0.15, 0.2) is 0 Å². The summed E-state index contributed by atoms with van der Waals surface area (Å²) in [6.07, 6.45) is 29.4. The summed E-state index contributed by atoms with van der Waals surface area (Å²) in [4.78, 5) is 12.2. The lowest BCUT2D eigenvalue weighted by Gasteiger charge is -2.35. The Morgan fingerprint density at radius 3 is 1.70 bits per heavy atom. The van der Waals surface area contributed by atoms with E-state index >= 15 is 0 Å². The summed E-state index contributed by atoms with van der Waals surface area (Å²) in [7, 11) is 0. The minimum atomic E-state index is 0.0687. The molecular weight excluding hydrogens is 368 g/mol. The van der Waals surface area contributed by atoms with Gasteiger partial charge in [-0.25, -0.2) is 0 Å². The van der Waals surface area contributed by atoms with Gasteiger partial charge in [-0.2, -0.15) is 0 Å². The van der Waals surface area contributed by atoms with Gasteiger partial charge in [-0.05, 0) is 49.9 Å². The van der Waals surface area contributed by atoms with Gasteiger partial charge in [0.1, 0.15) is 0 Å². The summed E-state index contributed by atoms with van der Waals surface area (Å²) in [6, 6.07) is 0. The SMILES string of the molecule is CCCCCCCCCCCCCCOC(=O)CC1CCC(C2CCCCC2)CC1. The highest BCUT2D eigenvalue weighted by molar-refractivity contribution is 5.69. The summed E-state index contributed by atoms with van der Waals surface area (Å²) in [5.41, 5.74) is 0. The van der Waals surface area contributed by atoms with E-state index in [0.29, 0.717) is 18.9 Å². The van der Waals surface area contributed by atoms with Gasteiger partial charge in [-0.3, -0.25) is 4.79 Å². The Morgan fingerprint density at radius 2 is 1.13 bits per heavy atom. The molecule has 0 aromatic heterocycles. The van der Waals surface area contributed by atoms with Crippen LogP contribution in [0, 0.1) is 17.8 Å². The van der Waals surface area contributed by atoms with E-state index in [9.17, 15) is 4.79 Å². The zero-order valence-corrected chi connectivity index (χ0v) is 20.3. The first-order valence-corrected chi connectivity index (χ1v) is 13.9. The molecule has 0 atom stereocenters. The Balaban J connectivity index is 1.35. The van der Waals surface area contributed by atoms with Crippen molar-refractivity contribution in [3.05, 3.63) is 0 Å². The van der Waals surface area contributed by atoms with Crippen molar-refractivity contribution in [1.29, 1.82) is 0 Å². The van der Waals surface area contributed by atoms with E-state index in [1.807, 2.05) is 0 Å². The van der Waals surface area contributed by atoms with E-state index in [1.165, 1.54) is 128 Å². The summed E-state index contributed by atoms with van der Waals surface area (Å²) >= 11 is 0. The van der Waals surface area contributed by atoms with Gasteiger partial charge < -0.3 is 4.74 Å². The molecule has 0 aromatic rings. The maximum Gasteiger partial charge on any atom is 0.306 e. The van der Waals surface area contributed by atoms with Crippen LogP contribution in [0.15, 0.2) is 0 Å². The summed E-state index contributed by atoms with van der Waals surface area (Å²) in [5.74, 6) is 2.62. The second-order valence-corrected chi connectivity index (χ2v) is 10.5. The minimum Gasteiger partial charge on any atom is -0.466 e. The first-order valence-electron chi connectivity index (χ1n) is 13.9. The van der Waals surface area contributed by atoms with Crippen molar-refractivity contribution in [2.45, 2.75) is 148 Å². The number of hydrogen-bond donors (Lipinski definition) is 0. The number of esters is 1. The van der Waals surface area contributed by atoms with Gasteiger partial charge in [0.05, 0.1) is 6.61 Å². The molecule has 0 saturated heterocycles. The average Bonchev–Trinajstić information content (AvgIpc) is 2.78. The van der Waals surface area contributed by atoms with Gasteiger partial charge in [0.2, 0.25) is 0 Å². The largest absolute Gasteiger partial charge is 0.466 e. The van der Waals surface area contributed by atoms with Crippen LogP contribution < -0.4 is 0 Å². The van der Waals surface area contributed by atoms with E-state index < -0.39 is 0 Å². The van der Waals surface area contributed by atoms with E-state index in [0.717, 1.165) is 18.3 Å². The minimum absolute atomic E-state index is 0.0687. The van der Waals surface area contributed by atoms with Gasteiger partial charge in [0.25, 0.3) is 0 Å². The van der Waals surface area contributed by atoms with Crippen molar-refractivity contribution in [1.82, 2.24) is 0 Å². The van der Waals surface area contributed by atoms with Crippen molar-refractivity contribution >= 4 is 5.97 Å². The van der Waals surface area contributed by atoms with Gasteiger partial charge in [-0.15, -0.1) is 0 Å². The fraction of sp³-hybridized carbons (Fsp3) is 0.964. The molecule has 30 heavy (non-hydrogen) atoms. The maximum atomic E-state index is 12.2. The van der Waals surface area contributed by atoms with Crippen LogP contribution in [0.4, 0.5) is 0 Å². The zero-order valence-electron chi connectivity index (χ0n) is 20.3. The number of hydrogen-bond acceptors (Lipinski definition) is 2. The maximum absolute atomic E-state index is 12.2. The average molecular weight is 421 g/mol. The number of ether oxygens (including phenoxy) is 1. The molecule has 0 amide bonds. The molecule has 2 nitrogen and oxygen atoms in total. The molecular formula is C28H52O2. The molecule has 0 bridgehead atoms. The van der Waals surface area contributed by atoms with Crippen LogP contribution in [0.2, 0.25) is 0 Å². The van der Waals surface area contributed by atoms with Crippen molar-refractivity contribution in [2.24, 2.45) is 17.8 Å². The summed E-state index contributed by atoms with van der Waals surface area (Å²) in [5, 5.41) is 0. The Bertz CT molecular complexity index is 405. The molecule has 2 saturated carbocycles.